The summed E-state index contributed by atoms with van der Waals surface area (Å²) >= 11 is 0. The first-order valence-corrected chi connectivity index (χ1v) is 10.9. The Kier molecular flexibility index (Phi) is 6.27. The van der Waals surface area contributed by atoms with Gasteiger partial charge in [-0.05, 0) is 43.2 Å². The van der Waals surface area contributed by atoms with Crippen molar-refractivity contribution in [2.45, 2.75) is 32.4 Å². The minimum absolute atomic E-state index is 0.00446. The molecule has 3 aromatic carbocycles. The van der Waals surface area contributed by atoms with Gasteiger partial charge in [0.25, 0.3) is 5.91 Å². The molecule has 0 aromatic heterocycles. The summed E-state index contributed by atoms with van der Waals surface area (Å²) in [6.45, 7) is 3.77. The maximum atomic E-state index is 13.9. The van der Waals surface area contributed by atoms with E-state index in [1.54, 1.807) is 18.2 Å². The van der Waals surface area contributed by atoms with Gasteiger partial charge < -0.3 is 10.1 Å². The van der Waals surface area contributed by atoms with Crippen molar-refractivity contribution in [3.63, 3.8) is 0 Å². The highest BCUT2D eigenvalue weighted by molar-refractivity contribution is 6.07. The van der Waals surface area contributed by atoms with Crippen LogP contribution in [-0.4, -0.2) is 29.2 Å². The topological polar surface area (TPSA) is 75.7 Å². The predicted molar refractivity (Wildman–Crippen MR) is 125 cm³/mol. The van der Waals surface area contributed by atoms with Gasteiger partial charge in [0.1, 0.15) is 5.75 Å². The van der Waals surface area contributed by atoms with Gasteiger partial charge in [0.15, 0.2) is 11.3 Å². The normalized spacial score (nSPS) is 17.7. The number of benzene rings is 3. The first-order valence-electron chi connectivity index (χ1n) is 10.9. The molecule has 0 unspecified atom stereocenters. The standard InChI is InChI=1S/C27H26N2O4/c1-3-33-24-15-14-21(19(2)30)16-22(24)18-29-25(31)27(28-26(29)32,23-12-8-5-9-13-23)17-20-10-6-4-7-11-20/h4-16H,3,17-18H2,1-2H3,(H,28,32)/t27-/m1/s1. The van der Waals surface area contributed by atoms with Gasteiger partial charge in [-0.3, -0.25) is 14.5 Å². The lowest BCUT2D eigenvalue weighted by Gasteiger charge is -2.27. The number of hydrogen-bond donors (Lipinski definition) is 1. The number of rotatable bonds is 8. The SMILES string of the molecule is CCOc1ccc(C(C)=O)cc1CN1C(=O)N[C@](Cc2ccccc2)(c2ccccc2)C1=O. The molecule has 33 heavy (non-hydrogen) atoms. The Balaban J connectivity index is 1.73. The number of Topliss-reactive ketones (excluding diaryl/α,β-unsaturated/α-hetero) is 1. The van der Waals surface area contributed by atoms with E-state index in [-0.39, 0.29) is 18.2 Å². The summed E-state index contributed by atoms with van der Waals surface area (Å²) in [5.41, 5.74) is 1.54. The van der Waals surface area contributed by atoms with Crippen LogP contribution in [0.4, 0.5) is 4.79 Å². The highest BCUT2D eigenvalue weighted by atomic mass is 16.5. The van der Waals surface area contributed by atoms with Gasteiger partial charge in [-0.25, -0.2) is 4.79 Å². The molecule has 6 nitrogen and oxygen atoms in total. The second-order valence-electron chi connectivity index (χ2n) is 8.07. The Morgan fingerprint density at radius 3 is 2.27 bits per heavy atom. The van der Waals surface area contributed by atoms with Gasteiger partial charge in [-0.15, -0.1) is 0 Å². The van der Waals surface area contributed by atoms with E-state index in [1.165, 1.54) is 11.8 Å². The summed E-state index contributed by atoms with van der Waals surface area (Å²) in [7, 11) is 0. The van der Waals surface area contributed by atoms with Crippen molar-refractivity contribution >= 4 is 17.7 Å². The molecule has 0 spiro atoms. The summed E-state index contributed by atoms with van der Waals surface area (Å²) in [6, 6.07) is 23.5. The maximum Gasteiger partial charge on any atom is 0.325 e. The van der Waals surface area contributed by atoms with E-state index in [4.69, 9.17) is 4.74 Å². The largest absolute Gasteiger partial charge is 0.494 e. The Hall–Kier alpha value is -3.93. The van der Waals surface area contributed by atoms with Crippen molar-refractivity contribution in [1.29, 1.82) is 0 Å². The van der Waals surface area contributed by atoms with Crippen molar-refractivity contribution in [3.8, 4) is 5.75 Å². The van der Waals surface area contributed by atoms with Crippen LogP contribution in [-0.2, 0) is 23.3 Å². The molecule has 1 atom stereocenters. The summed E-state index contributed by atoms with van der Waals surface area (Å²) in [4.78, 5) is 40.1. The smallest absolute Gasteiger partial charge is 0.325 e. The summed E-state index contributed by atoms with van der Waals surface area (Å²) in [6.07, 6.45) is 0.324. The quantitative estimate of drug-likeness (QED) is 0.412. The number of imide groups is 1. The molecule has 0 radical (unpaired) electrons. The van der Waals surface area contributed by atoms with Crippen LogP contribution in [0.1, 0.15) is 40.9 Å². The van der Waals surface area contributed by atoms with Crippen molar-refractivity contribution in [2.75, 3.05) is 6.61 Å². The molecular formula is C27H26N2O4. The Labute approximate surface area is 193 Å². The van der Waals surface area contributed by atoms with Crippen LogP contribution in [0.25, 0.3) is 0 Å². The highest BCUT2D eigenvalue weighted by Gasteiger charge is 2.52. The summed E-state index contributed by atoms with van der Waals surface area (Å²) in [5.74, 6) is 0.112. The predicted octanol–water partition coefficient (Wildman–Crippen LogP) is 4.48. The lowest BCUT2D eigenvalue weighted by atomic mass is 9.83. The summed E-state index contributed by atoms with van der Waals surface area (Å²) < 4.78 is 5.70. The van der Waals surface area contributed by atoms with Crippen LogP contribution >= 0.6 is 0 Å². The molecule has 0 aliphatic carbocycles. The molecule has 1 aliphatic rings. The molecular weight excluding hydrogens is 416 g/mol. The fraction of sp³-hybridized carbons (Fsp3) is 0.222. The molecule has 1 fully saturated rings. The maximum absolute atomic E-state index is 13.9. The Morgan fingerprint density at radius 1 is 0.970 bits per heavy atom. The van der Waals surface area contributed by atoms with Crippen LogP contribution < -0.4 is 10.1 Å². The van der Waals surface area contributed by atoms with Crippen LogP contribution in [0, 0.1) is 0 Å². The third kappa shape index (κ3) is 4.37. The zero-order valence-corrected chi connectivity index (χ0v) is 18.7. The van der Waals surface area contributed by atoms with E-state index in [1.807, 2.05) is 67.6 Å². The Bertz CT molecular complexity index is 1180. The fourth-order valence-corrected chi connectivity index (χ4v) is 4.20. The van der Waals surface area contributed by atoms with Gasteiger partial charge >= 0.3 is 6.03 Å². The first kappa shape index (κ1) is 22.3. The molecule has 0 bridgehead atoms. The molecule has 1 heterocycles. The van der Waals surface area contributed by atoms with Crippen molar-refractivity contribution < 1.29 is 19.1 Å². The third-order valence-corrected chi connectivity index (χ3v) is 5.85. The lowest BCUT2D eigenvalue weighted by Crippen LogP contribution is -2.46. The molecule has 3 amide bonds. The first-order chi connectivity index (χ1) is 15.9. The minimum Gasteiger partial charge on any atom is -0.494 e. The number of ketones is 1. The summed E-state index contributed by atoms with van der Waals surface area (Å²) in [5, 5.41) is 2.97. The Morgan fingerprint density at radius 2 is 1.64 bits per heavy atom. The average Bonchev–Trinajstić information content (AvgIpc) is 3.06. The lowest BCUT2D eigenvalue weighted by molar-refractivity contribution is -0.132. The average molecular weight is 443 g/mol. The number of ether oxygens (including phenoxy) is 1. The number of amides is 3. The zero-order chi connectivity index (χ0) is 23.4. The molecule has 1 saturated heterocycles. The van der Waals surface area contributed by atoms with Gasteiger partial charge in [0.2, 0.25) is 0 Å². The van der Waals surface area contributed by atoms with Crippen LogP contribution in [0.15, 0.2) is 78.9 Å². The molecule has 0 saturated carbocycles. The molecule has 1 N–H and O–H groups in total. The van der Waals surface area contributed by atoms with E-state index in [0.717, 1.165) is 11.1 Å². The van der Waals surface area contributed by atoms with E-state index in [2.05, 4.69) is 5.32 Å². The number of urea groups is 1. The highest BCUT2D eigenvalue weighted by Crippen LogP contribution is 2.35. The van der Waals surface area contributed by atoms with Gasteiger partial charge in [0.05, 0.1) is 13.2 Å². The van der Waals surface area contributed by atoms with Crippen molar-refractivity contribution in [2.24, 2.45) is 0 Å². The van der Waals surface area contributed by atoms with Crippen molar-refractivity contribution in [1.82, 2.24) is 10.2 Å². The number of hydrogen-bond acceptors (Lipinski definition) is 4. The monoisotopic (exact) mass is 442 g/mol. The van der Waals surface area contributed by atoms with Crippen molar-refractivity contribution in [3.05, 3.63) is 101 Å². The van der Waals surface area contributed by atoms with Crippen LogP contribution in [0.5, 0.6) is 5.75 Å². The van der Waals surface area contributed by atoms with Gasteiger partial charge in [-0.2, -0.15) is 0 Å². The van der Waals surface area contributed by atoms with Crippen LogP contribution in [0.2, 0.25) is 0 Å². The zero-order valence-electron chi connectivity index (χ0n) is 18.7. The number of carbonyl (C=O) groups excluding carboxylic acids is 3. The fourth-order valence-electron chi connectivity index (χ4n) is 4.20. The minimum atomic E-state index is -1.22. The number of nitrogens with zero attached hydrogens (tertiary/aromatic N) is 1. The van der Waals surface area contributed by atoms with Gasteiger partial charge in [0, 0.05) is 17.5 Å². The second-order valence-corrected chi connectivity index (χ2v) is 8.07. The van der Waals surface area contributed by atoms with E-state index in [0.29, 0.717) is 29.9 Å². The van der Waals surface area contributed by atoms with Gasteiger partial charge in [-0.1, -0.05) is 60.7 Å². The number of carbonyl (C=O) groups is 3. The molecule has 1 aliphatic heterocycles. The second kappa shape index (κ2) is 9.28. The van der Waals surface area contributed by atoms with E-state index in [9.17, 15) is 14.4 Å². The number of nitrogens with one attached hydrogen (secondary N) is 1. The van der Waals surface area contributed by atoms with E-state index < -0.39 is 11.6 Å². The molecule has 4 rings (SSSR count). The van der Waals surface area contributed by atoms with E-state index >= 15 is 0 Å². The molecule has 6 heteroatoms. The molecule has 168 valence electrons. The van der Waals surface area contributed by atoms with Crippen LogP contribution in [0.3, 0.4) is 0 Å². The molecule has 3 aromatic rings. The third-order valence-electron chi connectivity index (χ3n) is 5.85.